The molecule has 1 aromatic heterocycles. The lowest BCUT2D eigenvalue weighted by atomic mass is 10.0. The molecule has 0 bridgehead atoms. The highest BCUT2D eigenvalue weighted by atomic mass is 79.9. The zero-order valence-electron chi connectivity index (χ0n) is 26.4. The number of aromatic nitrogens is 2. The van der Waals surface area contributed by atoms with Gasteiger partial charge in [-0.05, 0) is 79.2 Å². The zero-order chi connectivity index (χ0) is 31.6. The Labute approximate surface area is 273 Å². The fourth-order valence-electron chi connectivity index (χ4n) is 6.39. The first kappa shape index (κ1) is 31.9. The van der Waals surface area contributed by atoms with E-state index in [0.29, 0.717) is 58.0 Å². The lowest BCUT2D eigenvalue weighted by Crippen LogP contribution is -2.46. The topological polar surface area (TPSA) is 110 Å². The molecule has 2 fully saturated rings. The van der Waals surface area contributed by atoms with Crippen LogP contribution in [0.2, 0.25) is 0 Å². The Kier molecular flexibility index (Phi) is 9.75. The van der Waals surface area contributed by atoms with Gasteiger partial charge >= 0.3 is 0 Å². The number of halogens is 1. The first-order valence-corrected chi connectivity index (χ1v) is 18.9. The van der Waals surface area contributed by atoms with Gasteiger partial charge in [0.05, 0.1) is 34.9 Å². The van der Waals surface area contributed by atoms with Crippen molar-refractivity contribution in [2.45, 2.75) is 32.2 Å². The van der Waals surface area contributed by atoms with Gasteiger partial charge in [-0.25, -0.2) is 4.98 Å². The molecule has 0 aliphatic carbocycles. The number of nitrogens with one attached hydrogen (secondary N) is 2. The van der Waals surface area contributed by atoms with Crippen LogP contribution in [0.25, 0.3) is 0 Å². The maximum absolute atomic E-state index is 13.4. The third-order valence-electron chi connectivity index (χ3n) is 8.56. The number of methoxy groups -OCH3 is 1. The highest BCUT2D eigenvalue weighted by molar-refractivity contribution is 9.10. The van der Waals surface area contributed by atoms with E-state index in [-0.39, 0.29) is 0 Å². The van der Waals surface area contributed by atoms with Gasteiger partial charge in [0.2, 0.25) is 5.95 Å². The monoisotopic (exact) mass is 700 g/mol. The molecule has 0 saturated carbocycles. The summed E-state index contributed by atoms with van der Waals surface area (Å²) in [5.74, 6) is 2.74. The average Bonchev–Trinajstić information content (AvgIpc) is 3.32. The Bertz CT molecular complexity index is 1570. The van der Waals surface area contributed by atoms with Crippen LogP contribution in [0.15, 0.2) is 34.9 Å². The number of benzene rings is 2. The predicted octanol–water partition coefficient (Wildman–Crippen LogP) is 5.75. The van der Waals surface area contributed by atoms with Crippen LogP contribution in [0.3, 0.4) is 0 Å². The average molecular weight is 702 g/mol. The summed E-state index contributed by atoms with van der Waals surface area (Å²) in [4.78, 5) is 14.3. The van der Waals surface area contributed by atoms with E-state index in [0.717, 1.165) is 75.7 Å². The summed E-state index contributed by atoms with van der Waals surface area (Å²) in [7, 11) is -1.07. The van der Waals surface area contributed by atoms with Crippen molar-refractivity contribution in [2.24, 2.45) is 0 Å². The van der Waals surface area contributed by atoms with E-state index in [1.54, 1.807) is 26.6 Å². The Morgan fingerprint density at radius 2 is 1.80 bits per heavy atom. The molecule has 2 saturated heterocycles. The molecule has 0 unspecified atom stereocenters. The largest absolute Gasteiger partial charge is 0.494 e. The van der Waals surface area contributed by atoms with Crippen LogP contribution in [0.4, 0.5) is 28.8 Å². The van der Waals surface area contributed by atoms with Crippen LogP contribution in [-0.2, 0) is 9.30 Å². The summed E-state index contributed by atoms with van der Waals surface area (Å²) < 4.78 is 37.2. The van der Waals surface area contributed by atoms with Crippen molar-refractivity contribution in [1.29, 1.82) is 0 Å². The van der Waals surface area contributed by atoms with Crippen molar-refractivity contribution in [3.8, 4) is 17.2 Å². The molecular formula is C32H42BrN6O5P. The van der Waals surface area contributed by atoms with Crippen LogP contribution in [0, 0.1) is 6.92 Å². The Balaban J connectivity index is 1.20. The molecule has 0 atom stereocenters. The van der Waals surface area contributed by atoms with Gasteiger partial charge in [0.1, 0.15) is 31.9 Å². The molecule has 0 radical (unpaired) electrons. The number of ether oxygens (including phenoxy) is 4. The molecule has 3 aromatic rings. The van der Waals surface area contributed by atoms with Gasteiger partial charge in [0.15, 0.2) is 11.5 Å². The summed E-state index contributed by atoms with van der Waals surface area (Å²) >= 11 is 3.57. The Morgan fingerprint density at radius 3 is 2.58 bits per heavy atom. The molecule has 45 heavy (non-hydrogen) atoms. The number of piperidine rings is 1. The van der Waals surface area contributed by atoms with Crippen molar-refractivity contribution in [3.05, 3.63) is 40.5 Å². The third kappa shape index (κ3) is 7.19. The predicted molar refractivity (Wildman–Crippen MR) is 183 cm³/mol. The van der Waals surface area contributed by atoms with E-state index in [9.17, 15) is 4.57 Å². The smallest absolute Gasteiger partial charge is 0.229 e. The van der Waals surface area contributed by atoms with Crippen LogP contribution in [-0.4, -0.2) is 94.0 Å². The van der Waals surface area contributed by atoms with E-state index in [1.807, 2.05) is 12.1 Å². The fourth-order valence-corrected chi connectivity index (χ4v) is 8.05. The minimum absolute atomic E-state index is 0.392. The highest BCUT2D eigenvalue weighted by Crippen LogP contribution is 2.47. The van der Waals surface area contributed by atoms with E-state index in [4.69, 9.17) is 23.9 Å². The summed E-state index contributed by atoms with van der Waals surface area (Å²) in [6.45, 7) is 12.3. The first-order valence-electron chi connectivity index (χ1n) is 15.5. The molecule has 0 spiro atoms. The van der Waals surface area contributed by atoms with Gasteiger partial charge in [0, 0.05) is 56.8 Å². The quantitative estimate of drug-likeness (QED) is 0.280. The van der Waals surface area contributed by atoms with Crippen molar-refractivity contribution in [3.63, 3.8) is 0 Å². The normalized spacial score (nSPS) is 17.9. The van der Waals surface area contributed by atoms with E-state index in [1.165, 1.54) is 5.69 Å². The van der Waals surface area contributed by atoms with E-state index in [2.05, 4.69) is 60.4 Å². The molecule has 13 heteroatoms. The standard InChI is InChI=1S/C32H42BrN6O5P/c1-21-18-25(28(41-2)19-26(21)39-11-8-22(9-12-39)38-10-5-14-42-15-13-38)36-32-34-20-23(33)31(37-32)35-24-6-7-27-29(44-17-16-43-27)30(24)45(3,4)40/h6-7,18-20,22H,5,8-17H2,1-4H3,(H2,34,35,36,37). The van der Waals surface area contributed by atoms with Gasteiger partial charge in [0.25, 0.3) is 0 Å². The zero-order valence-corrected chi connectivity index (χ0v) is 28.9. The van der Waals surface area contributed by atoms with Crippen molar-refractivity contribution < 1.29 is 23.5 Å². The minimum atomic E-state index is -2.75. The number of anilines is 5. The second kappa shape index (κ2) is 13.7. The van der Waals surface area contributed by atoms with Gasteiger partial charge in [-0.3, -0.25) is 4.90 Å². The first-order chi connectivity index (χ1) is 21.7. The summed E-state index contributed by atoms with van der Waals surface area (Å²) in [5.41, 5.74) is 3.75. The number of hydrogen-bond acceptors (Lipinski definition) is 11. The second-order valence-electron chi connectivity index (χ2n) is 12.0. The number of aryl methyl sites for hydroxylation is 1. The maximum atomic E-state index is 13.4. The summed E-state index contributed by atoms with van der Waals surface area (Å²) in [6, 6.07) is 8.49. The number of nitrogens with zero attached hydrogens (tertiary/aromatic N) is 4. The van der Waals surface area contributed by atoms with Crippen LogP contribution in [0.5, 0.6) is 17.2 Å². The fraction of sp³-hybridized carbons (Fsp3) is 0.500. The molecular weight excluding hydrogens is 659 g/mol. The molecule has 4 heterocycles. The minimum Gasteiger partial charge on any atom is -0.494 e. The van der Waals surface area contributed by atoms with Crippen LogP contribution < -0.4 is 35.0 Å². The summed E-state index contributed by atoms with van der Waals surface area (Å²) in [5, 5.41) is 7.30. The lowest BCUT2D eigenvalue weighted by molar-refractivity contribution is 0.125. The molecule has 11 nitrogen and oxygen atoms in total. The van der Waals surface area contributed by atoms with Crippen molar-refractivity contribution in [1.82, 2.24) is 14.9 Å². The number of fused-ring (bicyclic) bond motifs is 1. The van der Waals surface area contributed by atoms with Crippen LogP contribution >= 0.6 is 23.1 Å². The van der Waals surface area contributed by atoms with Crippen molar-refractivity contribution >= 4 is 57.2 Å². The molecule has 3 aliphatic heterocycles. The van der Waals surface area contributed by atoms with E-state index < -0.39 is 7.14 Å². The van der Waals surface area contributed by atoms with E-state index >= 15 is 0 Å². The molecule has 0 amide bonds. The Hall–Kier alpha value is -3.05. The molecule has 2 N–H and O–H groups in total. The summed E-state index contributed by atoms with van der Waals surface area (Å²) in [6.07, 6.45) is 5.08. The molecule has 2 aromatic carbocycles. The molecule has 242 valence electrons. The Morgan fingerprint density at radius 1 is 1.00 bits per heavy atom. The molecule has 3 aliphatic rings. The maximum Gasteiger partial charge on any atom is 0.229 e. The SMILES string of the molecule is COc1cc(N2CCC(N3CCCOCC3)CC2)c(C)cc1Nc1ncc(Br)c(Nc2ccc3c(c2P(C)(C)=O)OCCO3)n1. The van der Waals surface area contributed by atoms with Crippen LogP contribution in [0.1, 0.15) is 24.8 Å². The third-order valence-corrected chi connectivity index (χ3v) is 10.7. The lowest BCUT2D eigenvalue weighted by Gasteiger charge is -2.39. The van der Waals surface area contributed by atoms with Gasteiger partial charge in [-0.1, -0.05) is 0 Å². The highest BCUT2D eigenvalue weighted by Gasteiger charge is 2.29. The number of rotatable bonds is 8. The van der Waals surface area contributed by atoms with Gasteiger partial charge in [-0.2, -0.15) is 4.98 Å². The second-order valence-corrected chi connectivity index (χ2v) is 16.0. The van der Waals surface area contributed by atoms with Gasteiger partial charge in [-0.15, -0.1) is 0 Å². The van der Waals surface area contributed by atoms with Gasteiger partial charge < -0.3 is 39.0 Å². The van der Waals surface area contributed by atoms with Crippen molar-refractivity contribution in [2.75, 3.05) is 88.6 Å². The number of hydrogen-bond donors (Lipinski definition) is 2. The molecule has 6 rings (SSSR count).